The summed E-state index contributed by atoms with van der Waals surface area (Å²) in [7, 11) is -3.69. The molecule has 31 heavy (non-hydrogen) atoms. The van der Waals surface area contributed by atoms with Crippen molar-refractivity contribution < 1.29 is 12.8 Å². The van der Waals surface area contributed by atoms with Gasteiger partial charge in [0.2, 0.25) is 0 Å². The van der Waals surface area contributed by atoms with Gasteiger partial charge in [0.05, 0.1) is 10.6 Å². The molecule has 0 aliphatic carbocycles. The van der Waals surface area contributed by atoms with Crippen LogP contribution in [0.2, 0.25) is 0 Å². The van der Waals surface area contributed by atoms with Gasteiger partial charge in [0.25, 0.3) is 0 Å². The minimum Gasteiger partial charge on any atom is -0.354 e. The molecular weight excluding hydrogens is 417 g/mol. The number of nitrogens with zero attached hydrogens (tertiary/aromatic N) is 4. The molecule has 0 saturated carbocycles. The number of hydrogen-bond donors (Lipinski definition) is 1. The van der Waals surface area contributed by atoms with E-state index in [2.05, 4.69) is 20.0 Å². The summed E-state index contributed by atoms with van der Waals surface area (Å²) in [6.45, 7) is 0. The van der Waals surface area contributed by atoms with Crippen molar-refractivity contribution in [2.75, 3.05) is 5.88 Å². The fourth-order valence-corrected chi connectivity index (χ4v) is 4.14. The lowest BCUT2D eigenvalue weighted by Gasteiger charge is -2.05. The summed E-state index contributed by atoms with van der Waals surface area (Å²) in [5.41, 5.74) is 13.4. The SMILES string of the molecule is [N-]=[N+]=NCS(=O)(=O)c1ccc(-c2cc(-c3ccncc3)c(-c3ccc(F)cc3)[nH]2)cc1. The maximum absolute atomic E-state index is 13.4. The number of azide groups is 1. The van der Waals surface area contributed by atoms with Gasteiger partial charge in [-0.25, -0.2) is 12.8 Å². The maximum atomic E-state index is 13.4. The van der Waals surface area contributed by atoms with Gasteiger partial charge in [-0.15, -0.1) is 0 Å². The zero-order chi connectivity index (χ0) is 21.8. The molecule has 7 nitrogen and oxygen atoms in total. The van der Waals surface area contributed by atoms with Gasteiger partial charge >= 0.3 is 0 Å². The van der Waals surface area contributed by atoms with Crippen LogP contribution in [-0.2, 0) is 9.84 Å². The summed E-state index contributed by atoms with van der Waals surface area (Å²) in [5, 5.41) is 3.14. The van der Waals surface area contributed by atoms with E-state index in [0.29, 0.717) is 0 Å². The summed E-state index contributed by atoms with van der Waals surface area (Å²) in [6.07, 6.45) is 3.39. The van der Waals surface area contributed by atoms with Crippen molar-refractivity contribution in [1.82, 2.24) is 9.97 Å². The molecule has 0 aliphatic heterocycles. The minimum absolute atomic E-state index is 0.0725. The second kappa shape index (κ2) is 8.43. The van der Waals surface area contributed by atoms with E-state index in [0.717, 1.165) is 33.6 Å². The first-order chi connectivity index (χ1) is 15.0. The van der Waals surface area contributed by atoms with Crippen LogP contribution >= 0.6 is 0 Å². The molecule has 0 spiro atoms. The molecule has 0 saturated heterocycles. The van der Waals surface area contributed by atoms with Crippen LogP contribution in [0.1, 0.15) is 0 Å². The standard InChI is InChI=1S/C22H16FN5O2S/c23-18-5-1-17(2-6-18)22-20(15-9-11-25-12-10-15)13-21(27-22)16-3-7-19(8-4-16)31(29,30)14-26-28-24/h1-13,27H,14H2. The molecule has 0 aliphatic rings. The third-order valence-electron chi connectivity index (χ3n) is 4.76. The Morgan fingerprint density at radius 1 is 0.935 bits per heavy atom. The van der Waals surface area contributed by atoms with E-state index in [1.165, 1.54) is 24.3 Å². The summed E-state index contributed by atoms with van der Waals surface area (Å²) in [6, 6.07) is 18.2. The van der Waals surface area contributed by atoms with Crippen molar-refractivity contribution in [3.63, 3.8) is 0 Å². The Hall–Kier alpha value is -3.94. The van der Waals surface area contributed by atoms with E-state index in [1.807, 2.05) is 18.2 Å². The van der Waals surface area contributed by atoms with Crippen LogP contribution in [-0.4, -0.2) is 24.3 Å². The molecule has 0 unspecified atom stereocenters. The van der Waals surface area contributed by atoms with Crippen molar-refractivity contribution in [3.8, 4) is 33.6 Å². The van der Waals surface area contributed by atoms with Gasteiger partial charge in [-0.05, 0) is 76.8 Å². The van der Waals surface area contributed by atoms with Crippen LogP contribution in [0.15, 0.2) is 89.1 Å². The average Bonchev–Trinajstić information content (AvgIpc) is 3.24. The smallest absolute Gasteiger partial charge is 0.184 e. The van der Waals surface area contributed by atoms with Crippen LogP contribution in [0.5, 0.6) is 0 Å². The zero-order valence-corrected chi connectivity index (χ0v) is 16.9. The van der Waals surface area contributed by atoms with E-state index < -0.39 is 15.7 Å². The highest BCUT2D eigenvalue weighted by atomic mass is 32.2. The zero-order valence-electron chi connectivity index (χ0n) is 16.1. The minimum atomic E-state index is -3.69. The van der Waals surface area contributed by atoms with E-state index in [-0.39, 0.29) is 10.7 Å². The first-order valence-electron chi connectivity index (χ1n) is 9.21. The molecule has 4 rings (SSSR count). The van der Waals surface area contributed by atoms with Gasteiger partial charge in [0.1, 0.15) is 11.7 Å². The van der Waals surface area contributed by atoms with Crippen LogP contribution in [0.25, 0.3) is 44.1 Å². The average molecular weight is 433 g/mol. The molecule has 0 fully saturated rings. The predicted molar refractivity (Wildman–Crippen MR) is 116 cm³/mol. The lowest BCUT2D eigenvalue weighted by Crippen LogP contribution is -2.03. The monoisotopic (exact) mass is 433 g/mol. The highest BCUT2D eigenvalue weighted by molar-refractivity contribution is 7.91. The number of aromatic amines is 1. The van der Waals surface area contributed by atoms with Crippen molar-refractivity contribution in [3.05, 3.63) is 95.4 Å². The molecule has 0 bridgehead atoms. The Morgan fingerprint density at radius 2 is 1.58 bits per heavy atom. The second-order valence-electron chi connectivity index (χ2n) is 6.71. The van der Waals surface area contributed by atoms with Crippen molar-refractivity contribution in [1.29, 1.82) is 0 Å². The molecular formula is C22H16FN5O2S. The summed E-state index contributed by atoms with van der Waals surface area (Å²) in [5.74, 6) is -0.953. The Bertz CT molecular complexity index is 1360. The Kier molecular flexibility index (Phi) is 5.53. The molecule has 154 valence electrons. The van der Waals surface area contributed by atoms with E-state index in [1.54, 1.807) is 36.7 Å². The van der Waals surface area contributed by atoms with E-state index in [9.17, 15) is 12.8 Å². The highest BCUT2D eigenvalue weighted by Crippen LogP contribution is 2.36. The lowest BCUT2D eigenvalue weighted by molar-refractivity contribution is 0.596. The fourth-order valence-electron chi connectivity index (χ4n) is 3.23. The molecule has 1 N–H and O–H groups in total. The number of rotatable bonds is 6. The van der Waals surface area contributed by atoms with Crippen LogP contribution < -0.4 is 0 Å². The van der Waals surface area contributed by atoms with Crippen LogP contribution in [0.3, 0.4) is 0 Å². The highest BCUT2D eigenvalue weighted by Gasteiger charge is 2.16. The summed E-state index contributed by atoms with van der Waals surface area (Å²) in [4.78, 5) is 10.00. The fraction of sp³-hybridized carbons (Fsp3) is 0.0455. The van der Waals surface area contributed by atoms with Crippen molar-refractivity contribution in [2.24, 2.45) is 5.11 Å². The molecule has 0 amide bonds. The first-order valence-corrected chi connectivity index (χ1v) is 10.9. The van der Waals surface area contributed by atoms with E-state index >= 15 is 0 Å². The third-order valence-corrected chi connectivity index (χ3v) is 6.20. The number of benzene rings is 2. The lowest BCUT2D eigenvalue weighted by atomic mass is 10.0. The molecule has 0 radical (unpaired) electrons. The number of hydrogen-bond acceptors (Lipinski definition) is 4. The van der Waals surface area contributed by atoms with Gasteiger partial charge in [-0.3, -0.25) is 4.98 Å². The van der Waals surface area contributed by atoms with Crippen molar-refractivity contribution in [2.45, 2.75) is 4.90 Å². The van der Waals surface area contributed by atoms with Gasteiger partial charge in [-0.1, -0.05) is 17.2 Å². The Labute approximate surface area is 177 Å². The van der Waals surface area contributed by atoms with E-state index in [4.69, 9.17) is 5.53 Å². The normalized spacial score (nSPS) is 11.1. The molecule has 0 atom stereocenters. The van der Waals surface area contributed by atoms with Gasteiger partial charge in [-0.2, -0.15) is 0 Å². The third kappa shape index (κ3) is 4.32. The first kappa shape index (κ1) is 20.3. The number of halogens is 1. The molecule has 2 heterocycles. The largest absolute Gasteiger partial charge is 0.354 e. The number of H-pyrrole nitrogens is 1. The quantitative estimate of drug-likeness (QED) is 0.243. The number of nitrogens with one attached hydrogen (secondary N) is 1. The topological polar surface area (TPSA) is 112 Å². The summed E-state index contributed by atoms with van der Waals surface area (Å²) < 4.78 is 37.8. The second-order valence-corrected chi connectivity index (χ2v) is 8.67. The van der Waals surface area contributed by atoms with Gasteiger partial charge < -0.3 is 4.98 Å². The molecule has 9 heteroatoms. The van der Waals surface area contributed by atoms with Gasteiger partial charge in [0, 0.05) is 28.6 Å². The number of pyridine rings is 1. The van der Waals surface area contributed by atoms with Crippen LogP contribution in [0, 0.1) is 5.82 Å². The summed E-state index contributed by atoms with van der Waals surface area (Å²) >= 11 is 0. The van der Waals surface area contributed by atoms with Gasteiger partial charge in [0.15, 0.2) is 9.84 Å². The Balaban J connectivity index is 1.77. The number of aromatic nitrogens is 2. The molecule has 2 aromatic carbocycles. The van der Waals surface area contributed by atoms with Crippen LogP contribution in [0.4, 0.5) is 4.39 Å². The van der Waals surface area contributed by atoms with Crippen molar-refractivity contribution >= 4 is 9.84 Å². The molecule has 2 aromatic heterocycles. The number of sulfone groups is 1. The Morgan fingerprint density at radius 3 is 2.23 bits per heavy atom. The predicted octanol–water partition coefficient (Wildman–Crippen LogP) is 5.59. The maximum Gasteiger partial charge on any atom is 0.184 e. The molecule has 4 aromatic rings.